The van der Waals surface area contributed by atoms with E-state index in [0.717, 1.165) is 28.9 Å². The summed E-state index contributed by atoms with van der Waals surface area (Å²) < 4.78 is 0. The Hall–Kier alpha value is -3.20. The van der Waals surface area contributed by atoms with Crippen LogP contribution in [0.1, 0.15) is 35.7 Å². The van der Waals surface area contributed by atoms with Crippen LogP contribution in [0.25, 0.3) is 0 Å². The number of anilines is 1. The lowest BCUT2D eigenvalue weighted by Crippen LogP contribution is -2.13. The number of benzene rings is 3. The van der Waals surface area contributed by atoms with Crippen molar-refractivity contribution >= 4 is 17.2 Å². The van der Waals surface area contributed by atoms with Crippen LogP contribution < -0.4 is 5.43 Å². The topological polar surface area (TPSA) is 41.5 Å². The Labute approximate surface area is 160 Å². The molecule has 3 heteroatoms. The van der Waals surface area contributed by atoms with Gasteiger partial charge in [0.1, 0.15) is 0 Å². The van der Waals surface area contributed by atoms with Crippen LogP contribution in [0.2, 0.25) is 0 Å². The van der Waals surface area contributed by atoms with Crippen LogP contribution in [-0.2, 0) is 0 Å². The first-order valence-corrected chi connectivity index (χ1v) is 9.23. The van der Waals surface area contributed by atoms with Gasteiger partial charge in [0, 0.05) is 12.0 Å². The Morgan fingerprint density at radius 2 is 1.30 bits per heavy atom. The number of rotatable bonds is 8. The van der Waals surface area contributed by atoms with Gasteiger partial charge in [-0.3, -0.25) is 10.2 Å². The van der Waals surface area contributed by atoms with Gasteiger partial charge < -0.3 is 0 Å². The maximum atomic E-state index is 12.5. The molecule has 0 aliphatic rings. The second kappa shape index (κ2) is 9.48. The molecule has 136 valence electrons. The van der Waals surface area contributed by atoms with Crippen molar-refractivity contribution in [3.63, 3.8) is 0 Å². The van der Waals surface area contributed by atoms with E-state index >= 15 is 0 Å². The summed E-state index contributed by atoms with van der Waals surface area (Å²) in [4.78, 5) is 12.5. The van der Waals surface area contributed by atoms with Crippen LogP contribution in [0.3, 0.4) is 0 Å². The second-order valence-electron chi connectivity index (χ2n) is 6.70. The molecule has 3 aromatic carbocycles. The molecule has 0 bridgehead atoms. The minimum atomic E-state index is 0.173. The number of hydrogen-bond acceptors (Lipinski definition) is 3. The molecule has 1 unspecified atom stereocenters. The molecule has 0 saturated heterocycles. The van der Waals surface area contributed by atoms with Gasteiger partial charge in [0.15, 0.2) is 5.78 Å². The van der Waals surface area contributed by atoms with Crippen LogP contribution in [0.4, 0.5) is 5.69 Å². The van der Waals surface area contributed by atoms with Crippen LogP contribution in [-0.4, -0.2) is 11.5 Å². The monoisotopic (exact) mass is 356 g/mol. The zero-order valence-corrected chi connectivity index (χ0v) is 15.5. The number of ketones is 1. The third kappa shape index (κ3) is 5.65. The Kier molecular flexibility index (Phi) is 6.53. The van der Waals surface area contributed by atoms with Crippen LogP contribution in [0, 0.1) is 5.92 Å². The molecule has 1 atom stereocenters. The van der Waals surface area contributed by atoms with Crippen molar-refractivity contribution in [2.24, 2.45) is 11.0 Å². The lowest BCUT2D eigenvalue weighted by molar-refractivity contribution is 0.0966. The highest BCUT2D eigenvalue weighted by Crippen LogP contribution is 2.17. The fourth-order valence-electron chi connectivity index (χ4n) is 2.96. The first kappa shape index (κ1) is 18.6. The molecule has 0 radical (unpaired) electrons. The van der Waals surface area contributed by atoms with E-state index in [0.29, 0.717) is 6.42 Å². The van der Waals surface area contributed by atoms with Crippen LogP contribution >= 0.6 is 0 Å². The highest BCUT2D eigenvalue weighted by atomic mass is 16.1. The van der Waals surface area contributed by atoms with Gasteiger partial charge in [-0.15, -0.1) is 0 Å². The summed E-state index contributed by atoms with van der Waals surface area (Å²) in [6.45, 7) is 2.10. The summed E-state index contributed by atoms with van der Waals surface area (Å²) in [6.07, 6.45) is 1.23. The molecular formula is C24H24N2O. The number of nitrogens with zero attached hydrogens (tertiary/aromatic N) is 1. The van der Waals surface area contributed by atoms with Gasteiger partial charge in [-0.2, -0.15) is 5.10 Å². The highest BCUT2D eigenvalue weighted by Gasteiger charge is 2.15. The fourth-order valence-corrected chi connectivity index (χ4v) is 2.96. The predicted molar refractivity (Wildman–Crippen MR) is 112 cm³/mol. The Bertz CT molecular complexity index is 874. The molecule has 0 spiro atoms. The third-order valence-corrected chi connectivity index (χ3v) is 4.37. The maximum absolute atomic E-state index is 12.5. The number of hydrazone groups is 1. The molecule has 1 N–H and O–H groups in total. The fraction of sp³-hybridized carbons (Fsp3) is 0.167. The molecule has 3 aromatic rings. The molecule has 3 rings (SSSR count). The van der Waals surface area contributed by atoms with Crippen molar-refractivity contribution in [2.45, 2.75) is 19.8 Å². The van der Waals surface area contributed by atoms with E-state index in [9.17, 15) is 4.79 Å². The van der Waals surface area contributed by atoms with E-state index in [1.807, 2.05) is 78.9 Å². The molecule has 0 aliphatic heterocycles. The Balaban J connectivity index is 1.72. The summed E-state index contributed by atoms with van der Waals surface area (Å²) >= 11 is 0. The van der Waals surface area contributed by atoms with E-state index in [1.54, 1.807) is 0 Å². The first-order chi connectivity index (χ1) is 13.2. The van der Waals surface area contributed by atoms with E-state index in [1.165, 1.54) is 0 Å². The molecule has 0 heterocycles. The largest absolute Gasteiger partial charge is 0.294 e. The quantitative estimate of drug-likeness (QED) is 0.315. The molecule has 0 amide bonds. The average molecular weight is 356 g/mol. The van der Waals surface area contributed by atoms with E-state index in [4.69, 9.17) is 0 Å². The number of nitrogens with one attached hydrogen (secondary N) is 1. The molecule has 0 saturated carbocycles. The second-order valence-corrected chi connectivity index (χ2v) is 6.70. The van der Waals surface area contributed by atoms with Gasteiger partial charge >= 0.3 is 0 Å². The zero-order chi connectivity index (χ0) is 18.9. The highest BCUT2D eigenvalue weighted by molar-refractivity contribution is 6.02. The predicted octanol–water partition coefficient (Wildman–Crippen LogP) is 5.80. The Morgan fingerprint density at radius 1 is 0.778 bits per heavy atom. The minimum Gasteiger partial charge on any atom is -0.294 e. The summed E-state index contributed by atoms with van der Waals surface area (Å²) in [5.41, 5.74) is 6.87. The number of para-hydroxylation sites is 1. The summed E-state index contributed by atoms with van der Waals surface area (Å²) in [5.74, 6) is 0.362. The smallest absolute Gasteiger partial charge is 0.163 e. The molecule has 0 aromatic heterocycles. The maximum Gasteiger partial charge on any atom is 0.163 e. The molecule has 0 aliphatic carbocycles. The standard InChI is InChI=1S/C24H24N2O/c1-19(18-24(27)21-13-7-3-8-14-21)17-23(20-11-5-2-6-12-20)26-25-22-15-9-4-10-16-22/h2-16,19,25H,17-18H2,1H3. The van der Waals surface area contributed by atoms with Gasteiger partial charge in [-0.05, 0) is 30.0 Å². The number of Topliss-reactive ketones (excluding diaryl/α,β-unsaturated/α-hetero) is 1. The summed E-state index contributed by atoms with van der Waals surface area (Å²) in [5, 5.41) is 4.64. The van der Waals surface area contributed by atoms with Gasteiger partial charge in [-0.1, -0.05) is 85.8 Å². The van der Waals surface area contributed by atoms with Gasteiger partial charge in [0.25, 0.3) is 0 Å². The van der Waals surface area contributed by atoms with Crippen LogP contribution in [0.5, 0.6) is 0 Å². The molecular weight excluding hydrogens is 332 g/mol. The van der Waals surface area contributed by atoms with E-state index < -0.39 is 0 Å². The van der Waals surface area contributed by atoms with Crippen molar-refractivity contribution in [1.82, 2.24) is 0 Å². The number of hydrogen-bond donors (Lipinski definition) is 1. The normalized spacial score (nSPS) is 12.4. The first-order valence-electron chi connectivity index (χ1n) is 9.23. The minimum absolute atomic E-state index is 0.173. The van der Waals surface area contributed by atoms with Gasteiger partial charge in [0.05, 0.1) is 11.4 Å². The summed E-state index contributed by atoms with van der Waals surface area (Å²) in [6, 6.07) is 29.5. The molecule has 3 nitrogen and oxygen atoms in total. The zero-order valence-electron chi connectivity index (χ0n) is 15.5. The molecule has 27 heavy (non-hydrogen) atoms. The lowest BCUT2D eigenvalue weighted by Gasteiger charge is -2.14. The van der Waals surface area contributed by atoms with E-state index in [-0.39, 0.29) is 11.7 Å². The van der Waals surface area contributed by atoms with Crippen molar-refractivity contribution in [2.75, 3.05) is 5.43 Å². The van der Waals surface area contributed by atoms with Crippen LogP contribution in [0.15, 0.2) is 96.1 Å². The molecule has 0 fully saturated rings. The van der Waals surface area contributed by atoms with Crippen molar-refractivity contribution in [1.29, 1.82) is 0 Å². The number of carbonyl (C=O) groups is 1. The number of carbonyl (C=O) groups excluding carboxylic acids is 1. The summed E-state index contributed by atoms with van der Waals surface area (Å²) in [7, 11) is 0. The Morgan fingerprint density at radius 3 is 1.89 bits per heavy atom. The average Bonchev–Trinajstić information content (AvgIpc) is 2.73. The van der Waals surface area contributed by atoms with Crippen molar-refractivity contribution in [3.8, 4) is 0 Å². The van der Waals surface area contributed by atoms with Crippen molar-refractivity contribution in [3.05, 3.63) is 102 Å². The van der Waals surface area contributed by atoms with Crippen molar-refractivity contribution < 1.29 is 4.79 Å². The van der Waals surface area contributed by atoms with Gasteiger partial charge in [0.2, 0.25) is 0 Å². The third-order valence-electron chi connectivity index (χ3n) is 4.37. The SMILES string of the molecule is CC(CC(=O)c1ccccc1)CC(=NNc1ccccc1)c1ccccc1. The van der Waals surface area contributed by atoms with Gasteiger partial charge in [-0.25, -0.2) is 0 Å². The van der Waals surface area contributed by atoms with E-state index in [2.05, 4.69) is 29.6 Å². The lowest BCUT2D eigenvalue weighted by atomic mass is 9.93.